The molecule has 13 heavy (non-hydrogen) atoms. The van der Waals surface area contributed by atoms with E-state index in [1.165, 1.54) is 38.6 Å². The lowest BCUT2D eigenvalue weighted by Gasteiger charge is -2.55. The molecule has 0 aromatic carbocycles. The molecule has 1 spiro atoms. The second kappa shape index (κ2) is 3.35. The van der Waals surface area contributed by atoms with Crippen LogP contribution in [-0.4, -0.2) is 25.0 Å². The molecule has 2 aliphatic rings. The Morgan fingerprint density at radius 1 is 1.46 bits per heavy atom. The minimum atomic E-state index is 0.809. The molecule has 0 aromatic heterocycles. The monoisotopic (exact) mass is 177 g/mol. The fourth-order valence-corrected chi connectivity index (χ4v) is 3.04. The molecule has 0 unspecified atom stereocenters. The van der Waals surface area contributed by atoms with Gasteiger partial charge >= 0.3 is 0 Å². The Hall–Kier alpha value is -0.480. The molecule has 0 aromatic rings. The molecule has 0 saturated heterocycles. The molecule has 72 valence electrons. The summed E-state index contributed by atoms with van der Waals surface area (Å²) in [6.07, 6.45) is 12.7. The molecule has 0 N–H and O–H groups in total. The maximum Gasteiger partial charge on any atom is 0.0596 e. The van der Waals surface area contributed by atoms with Gasteiger partial charge in [0.2, 0.25) is 0 Å². The van der Waals surface area contributed by atoms with E-state index in [0.717, 1.165) is 17.9 Å². The molecule has 0 heterocycles. The van der Waals surface area contributed by atoms with Crippen LogP contribution in [0.2, 0.25) is 0 Å². The van der Waals surface area contributed by atoms with Crippen molar-refractivity contribution in [2.45, 2.75) is 32.1 Å². The molecule has 2 saturated carbocycles. The first-order valence-corrected chi connectivity index (χ1v) is 5.36. The summed E-state index contributed by atoms with van der Waals surface area (Å²) in [4.78, 5) is 2.27. The summed E-state index contributed by atoms with van der Waals surface area (Å²) < 4.78 is 0. The molecule has 2 fully saturated rings. The van der Waals surface area contributed by atoms with Crippen molar-refractivity contribution in [2.24, 2.45) is 11.3 Å². The van der Waals surface area contributed by atoms with Crippen LogP contribution in [0.25, 0.3) is 0 Å². The van der Waals surface area contributed by atoms with Crippen molar-refractivity contribution in [1.29, 1.82) is 0 Å². The van der Waals surface area contributed by atoms with Crippen LogP contribution in [0.5, 0.6) is 0 Å². The number of hydrogen-bond acceptors (Lipinski definition) is 1. The third-order valence-corrected chi connectivity index (χ3v) is 3.79. The van der Waals surface area contributed by atoms with Gasteiger partial charge in [-0.25, -0.2) is 0 Å². The van der Waals surface area contributed by atoms with E-state index in [0.29, 0.717) is 0 Å². The topological polar surface area (TPSA) is 3.24 Å². The van der Waals surface area contributed by atoms with E-state index in [1.807, 2.05) is 0 Å². The lowest BCUT2D eigenvalue weighted by molar-refractivity contribution is -0.0339. The smallest absolute Gasteiger partial charge is 0.0596 e. The van der Waals surface area contributed by atoms with Gasteiger partial charge in [-0.1, -0.05) is 12.3 Å². The zero-order valence-corrected chi connectivity index (χ0v) is 8.55. The molecule has 0 atom stereocenters. The van der Waals surface area contributed by atoms with Crippen molar-refractivity contribution in [3.8, 4) is 12.3 Å². The minimum absolute atomic E-state index is 0.809. The summed E-state index contributed by atoms with van der Waals surface area (Å²) in [5.74, 6) is 3.64. The molecule has 1 heteroatoms. The lowest BCUT2D eigenvalue weighted by atomic mass is 9.52. The van der Waals surface area contributed by atoms with Gasteiger partial charge in [0.25, 0.3) is 0 Å². The van der Waals surface area contributed by atoms with E-state index in [1.54, 1.807) is 0 Å². The molecule has 2 aliphatic carbocycles. The zero-order chi connectivity index (χ0) is 9.31. The van der Waals surface area contributed by atoms with Crippen LogP contribution in [0.3, 0.4) is 0 Å². The van der Waals surface area contributed by atoms with Gasteiger partial charge in [0.15, 0.2) is 0 Å². The molecule has 0 radical (unpaired) electrons. The first-order chi connectivity index (χ1) is 6.24. The van der Waals surface area contributed by atoms with Crippen molar-refractivity contribution in [3.05, 3.63) is 0 Å². The summed E-state index contributed by atoms with van der Waals surface area (Å²) in [7, 11) is 2.13. The normalized spacial score (nSPS) is 25.3. The summed E-state index contributed by atoms with van der Waals surface area (Å²) in [6, 6.07) is 0. The summed E-state index contributed by atoms with van der Waals surface area (Å²) >= 11 is 0. The SMILES string of the molecule is C#CCN(C)CC1CC2(CCC2)C1. The van der Waals surface area contributed by atoms with Crippen molar-refractivity contribution in [1.82, 2.24) is 4.90 Å². The van der Waals surface area contributed by atoms with Crippen molar-refractivity contribution in [3.63, 3.8) is 0 Å². The second-order valence-electron chi connectivity index (χ2n) is 5.03. The summed E-state index contributed by atoms with van der Waals surface area (Å²) in [5.41, 5.74) is 0.821. The number of hydrogen-bond donors (Lipinski definition) is 0. The Kier molecular flexibility index (Phi) is 2.34. The predicted octanol–water partition coefficient (Wildman–Crippen LogP) is 2.13. The van der Waals surface area contributed by atoms with Gasteiger partial charge in [0, 0.05) is 6.54 Å². The molecule has 2 rings (SSSR count). The van der Waals surface area contributed by atoms with E-state index < -0.39 is 0 Å². The van der Waals surface area contributed by atoms with Crippen molar-refractivity contribution < 1.29 is 0 Å². The highest BCUT2D eigenvalue weighted by atomic mass is 15.1. The Morgan fingerprint density at radius 3 is 2.62 bits per heavy atom. The van der Waals surface area contributed by atoms with Crippen LogP contribution in [0.4, 0.5) is 0 Å². The van der Waals surface area contributed by atoms with Gasteiger partial charge in [0.1, 0.15) is 0 Å². The average Bonchev–Trinajstić information content (AvgIpc) is 1.92. The maximum atomic E-state index is 5.26. The van der Waals surface area contributed by atoms with Gasteiger partial charge in [-0.2, -0.15) is 0 Å². The Bertz CT molecular complexity index is 214. The van der Waals surface area contributed by atoms with E-state index in [4.69, 9.17) is 6.42 Å². The summed E-state index contributed by atoms with van der Waals surface area (Å²) in [5, 5.41) is 0. The zero-order valence-electron chi connectivity index (χ0n) is 8.55. The first-order valence-electron chi connectivity index (χ1n) is 5.36. The third kappa shape index (κ3) is 1.74. The van der Waals surface area contributed by atoms with E-state index >= 15 is 0 Å². The van der Waals surface area contributed by atoms with Crippen LogP contribution in [-0.2, 0) is 0 Å². The Labute approximate surface area is 81.5 Å². The average molecular weight is 177 g/mol. The van der Waals surface area contributed by atoms with Crippen LogP contribution < -0.4 is 0 Å². The molecule has 0 aliphatic heterocycles. The third-order valence-electron chi connectivity index (χ3n) is 3.79. The molecule has 0 bridgehead atoms. The van der Waals surface area contributed by atoms with E-state index in [9.17, 15) is 0 Å². The highest BCUT2D eigenvalue weighted by Gasteiger charge is 2.47. The Morgan fingerprint density at radius 2 is 2.15 bits per heavy atom. The lowest BCUT2D eigenvalue weighted by Crippen LogP contribution is -2.46. The largest absolute Gasteiger partial charge is 0.295 e. The minimum Gasteiger partial charge on any atom is -0.295 e. The van der Waals surface area contributed by atoms with E-state index in [-0.39, 0.29) is 0 Å². The number of rotatable bonds is 3. The highest BCUT2D eigenvalue weighted by molar-refractivity contribution is 5.00. The van der Waals surface area contributed by atoms with Crippen LogP contribution in [0.1, 0.15) is 32.1 Å². The second-order valence-corrected chi connectivity index (χ2v) is 5.03. The van der Waals surface area contributed by atoms with Gasteiger partial charge in [-0.15, -0.1) is 6.42 Å². The fraction of sp³-hybridized carbons (Fsp3) is 0.833. The van der Waals surface area contributed by atoms with Crippen molar-refractivity contribution >= 4 is 0 Å². The molecule has 1 nitrogen and oxygen atoms in total. The van der Waals surface area contributed by atoms with Crippen molar-refractivity contribution in [2.75, 3.05) is 20.1 Å². The van der Waals surface area contributed by atoms with E-state index in [2.05, 4.69) is 17.9 Å². The van der Waals surface area contributed by atoms with Crippen LogP contribution in [0.15, 0.2) is 0 Å². The maximum absolute atomic E-state index is 5.26. The molecular formula is C12H19N. The van der Waals surface area contributed by atoms with Gasteiger partial charge < -0.3 is 0 Å². The van der Waals surface area contributed by atoms with Gasteiger partial charge in [0.05, 0.1) is 6.54 Å². The Balaban J connectivity index is 1.66. The predicted molar refractivity (Wildman–Crippen MR) is 55.3 cm³/mol. The molecule has 0 amide bonds. The highest BCUT2D eigenvalue weighted by Crippen LogP contribution is 2.58. The number of terminal acetylenes is 1. The quantitative estimate of drug-likeness (QED) is 0.597. The number of nitrogens with zero attached hydrogens (tertiary/aromatic N) is 1. The fourth-order valence-electron chi connectivity index (χ4n) is 3.04. The van der Waals surface area contributed by atoms with Crippen LogP contribution in [0, 0.1) is 23.7 Å². The van der Waals surface area contributed by atoms with Gasteiger partial charge in [-0.3, -0.25) is 4.90 Å². The standard InChI is InChI=1S/C12H19N/c1-3-7-13(2)10-11-8-12(9-11)5-4-6-12/h1,11H,4-10H2,2H3. The van der Waals surface area contributed by atoms with Gasteiger partial charge in [-0.05, 0) is 44.1 Å². The molecular weight excluding hydrogens is 158 g/mol. The first kappa shape index (κ1) is 9.09. The summed E-state index contributed by atoms with van der Waals surface area (Å²) in [6.45, 7) is 2.02. The van der Waals surface area contributed by atoms with Crippen LogP contribution >= 0.6 is 0 Å².